The predicted octanol–water partition coefficient (Wildman–Crippen LogP) is 3.00. The Kier molecular flexibility index (Phi) is 13.8. The van der Waals surface area contributed by atoms with Crippen molar-refractivity contribution in [2.24, 2.45) is 11.5 Å². The number of carboxylic acids is 2. The van der Waals surface area contributed by atoms with Crippen LogP contribution in [0.5, 0.6) is 0 Å². The maximum atomic E-state index is 11.1. The van der Waals surface area contributed by atoms with Crippen molar-refractivity contribution in [1.82, 2.24) is 9.80 Å². The summed E-state index contributed by atoms with van der Waals surface area (Å²) in [5.41, 5.74) is 8.93. The molecule has 0 saturated carbocycles. The first-order valence-electron chi connectivity index (χ1n) is 12.3. The van der Waals surface area contributed by atoms with Gasteiger partial charge in [0.1, 0.15) is 11.1 Å². The van der Waals surface area contributed by atoms with Crippen molar-refractivity contribution in [2.45, 2.75) is 22.6 Å². The van der Waals surface area contributed by atoms with E-state index in [1.807, 2.05) is 0 Å². The molecule has 0 aliphatic carbocycles. The number of nitro groups is 2. The van der Waals surface area contributed by atoms with E-state index in [-0.39, 0.29) is 0 Å². The Morgan fingerprint density at radius 3 is 1.38 bits per heavy atom. The summed E-state index contributed by atoms with van der Waals surface area (Å²) in [6, 6.07) is 7.08. The Balaban J connectivity index is 0.000000337. The zero-order chi connectivity index (χ0) is 29.7. The second-order valence-corrected chi connectivity index (χ2v) is 10.9. The monoisotopic (exact) mass is 596 g/mol. The van der Waals surface area contributed by atoms with Gasteiger partial charge in [0, 0.05) is 48.1 Å². The van der Waals surface area contributed by atoms with Crippen molar-refractivity contribution in [3.05, 3.63) is 67.8 Å². The highest BCUT2D eigenvalue weighted by Gasteiger charge is 2.22. The van der Waals surface area contributed by atoms with Gasteiger partial charge in [-0.25, -0.2) is 9.59 Å². The molecule has 0 spiro atoms. The van der Waals surface area contributed by atoms with E-state index in [9.17, 15) is 29.8 Å². The molecule has 14 nitrogen and oxygen atoms in total. The van der Waals surface area contributed by atoms with E-state index in [0.29, 0.717) is 9.79 Å². The molecule has 3 rings (SSSR count). The highest BCUT2D eigenvalue weighted by Crippen LogP contribution is 2.40. The fraction of sp³-hybridized carbons (Fsp3) is 0.417. The number of piperazine rings is 1. The van der Waals surface area contributed by atoms with Gasteiger partial charge in [-0.2, -0.15) is 0 Å². The Morgan fingerprint density at radius 2 is 1.10 bits per heavy atom. The molecule has 1 aliphatic rings. The standard InChI is InChI=1S/C14H8N2O8S2.C10H24N4/c17-13(18)9-5-7(1-3-11(9)15(21)22)25-26-8-2-4-12(16(23)24)10(6-8)14(19)20;11-3-1-5-13-7-9-14(10-8-13)6-2-4-12/h1-6H,(H,17,18)(H,19,20);1-12H2. The summed E-state index contributed by atoms with van der Waals surface area (Å²) in [5.74, 6) is -2.90. The summed E-state index contributed by atoms with van der Waals surface area (Å²) in [5, 5.41) is 39.8. The molecule has 40 heavy (non-hydrogen) atoms. The van der Waals surface area contributed by atoms with Crippen LogP contribution in [0, 0.1) is 20.2 Å². The first-order chi connectivity index (χ1) is 19.1. The van der Waals surface area contributed by atoms with Gasteiger partial charge in [-0.05, 0) is 63.3 Å². The summed E-state index contributed by atoms with van der Waals surface area (Å²) in [6.45, 7) is 8.76. The highest BCUT2D eigenvalue weighted by atomic mass is 33.1. The smallest absolute Gasteiger partial charge is 0.342 e. The van der Waals surface area contributed by atoms with Gasteiger partial charge in [0.25, 0.3) is 11.4 Å². The van der Waals surface area contributed by atoms with Gasteiger partial charge in [-0.15, -0.1) is 0 Å². The van der Waals surface area contributed by atoms with Crippen LogP contribution in [0.25, 0.3) is 0 Å². The zero-order valence-corrected chi connectivity index (χ0v) is 23.3. The maximum Gasteiger partial charge on any atom is 0.342 e. The number of carboxylic acid groups (broad SMARTS) is 2. The molecule has 2 aromatic rings. The Bertz CT molecular complexity index is 1100. The second-order valence-electron chi connectivity index (χ2n) is 8.62. The van der Waals surface area contributed by atoms with Crippen molar-refractivity contribution in [1.29, 1.82) is 0 Å². The quantitative estimate of drug-likeness (QED) is 0.148. The van der Waals surface area contributed by atoms with Crippen LogP contribution in [0.3, 0.4) is 0 Å². The lowest BCUT2D eigenvalue weighted by atomic mass is 10.2. The van der Waals surface area contributed by atoms with Gasteiger partial charge >= 0.3 is 11.9 Å². The van der Waals surface area contributed by atoms with Crippen LogP contribution in [0.2, 0.25) is 0 Å². The molecule has 0 atom stereocenters. The van der Waals surface area contributed by atoms with E-state index in [0.717, 1.165) is 71.8 Å². The van der Waals surface area contributed by atoms with Crippen molar-refractivity contribution >= 4 is 44.9 Å². The summed E-state index contributed by atoms with van der Waals surface area (Å²) in [6.07, 6.45) is 2.26. The fourth-order valence-electron chi connectivity index (χ4n) is 3.76. The number of nitrogens with zero attached hydrogens (tertiary/aromatic N) is 4. The third-order valence-electron chi connectivity index (χ3n) is 5.85. The molecule has 1 fully saturated rings. The first-order valence-corrected chi connectivity index (χ1v) is 14.4. The van der Waals surface area contributed by atoms with Gasteiger partial charge in [0.2, 0.25) is 0 Å². The van der Waals surface area contributed by atoms with E-state index in [2.05, 4.69) is 9.80 Å². The van der Waals surface area contributed by atoms with Crippen LogP contribution < -0.4 is 11.5 Å². The van der Waals surface area contributed by atoms with E-state index in [1.165, 1.54) is 51.4 Å². The number of rotatable bonds is 13. The lowest BCUT2D eigenvalue weighted by Crippen LogP contribution is -2.47. The lowest BCUT2D eigenvalue weighted by Gasteiger charge is -2.34. The van der Waals surface area contributed by atoms with E-state index >= 15 is 0 Å². The molecule has 0 unspecified atom stereocenters. The SMILES string of the molecule is NCCCN1CCN(CCCN)CC1.O=C(O)c1cc(SSc2ccc([N+](=O)[O-])c(C(=O)O)c2)ccc1[N+](=O)[O-]. The van der Waals surface area contributed by atoms with Crippen molar-refractivity contribution in [2.75, 3.05) is 52.4 Å². The zero-order valence-electron chi connectivity index (χ0n) is 21.6. The van der Waals surface area contributed by atoms with Gasteiger partial charge in [-0.1, -0.05) is 21.6 Å². The van der Waals surface area contributed by atoms with Crippen LogP contribution >= 0.6 is 21.6 Å². The number of nitrogens with two attached hydrogens (primary N) is 2. The van der Waals surface area contributed by atoms with Gasteiger partial charge in [0.05, 0.1) is 9.85 Å². The molecule has 1 heterocycles. The van der Waals surface area contributed by atoms with Crippen LogP contribution in [0.1, 0.15) is 33.6 Å². The third kappa shape index (κ3) is 10.4. The number of carbonyl (C=O) groups is 2. The number of hydrogen-bond donors (Lipinski definition) is 4. The van der Waals surface area contributed by atoms with Gasteiger partial charge < -0.3 is 31.5 Å². The summed E-state index contributed by atoms with van der Waals surface area (Å²) in [4.78, 5) is 48.1. The summed E-state index contributed by atoms with van der Waals surface area (Å²) in [7, 11) is 2.06. The molecular weight excluding hydrogens is 564 g/mol. The van der Waals surface area contributed by atoms with E-state index < -0.39 is 44.3 Å². The van der Waals surface area contributed by atoms with Crippen LogP contribution in [-0.2, 0) is 0 Å². The normalized spacial score (nSPS) is 13.8. The van der Waals surface area contributed by atoms with Gasteiger partial charge in [-0.3, -0.25) is 20.2 Å². The Morgan fingerprint density at radius 1 is 0.750 bits per heavy atom. The van der Waals surface area contributed by atoms with Crippen LogP contribution in [0.15, 0.2) is 46.2 Å². The minimum absolute atomic E-state index is 0.383. The number of benzene rings is 2. The molecule has 0 bridgehead atoms. The second kappa shape index (κ2) is 16.7. The molecule has 6 N–H and O–H groups in total. The van der Waals surface area contributed by atoms with Crippen molar-refractivity contribution in [3.63, 3.8) is 0 Å². The average Bonchev–Trinajstić information content (AvgIpc) is 2.94. The molecule has 2 aromatic carbocycles. The number of aromatic carboxylic acids is 2. The molecule has 16 heteroatoms. The summed E-state index contributed by atoms with van der Waals surface area (Å²) < 4.78 is 0. The lowest BCUT2D eigenvalue weighted by molar-refractivity contribution is -0.385. The van der Waals surface area contributed by atoms with Crippen molar-refractivity contribution in [3.8, 4) is 0 Å². The molecule has 0 amide bonds. The fourth-order valence-corrected chi connectivity index (χ4v) is 5.73. The third-order valence-corrected chi connectivity index (χ3v) is 8.23. The van der Waals surface area contributed by atoms with Crippen molar-refractivity contribution < 1.29 is 29.6 Å². The largest absolute Gasteiger partial charge is 0.477 e. The Hall–Kier alpha value is -3.28. The summed E-state index contributed by atoms with van der Waals surface area (Å²) >= 11 is 0. The van der Waals surface area contributed by atoms with E-state index in [1.54, 1.807) is 0 Å². The topological polar surface area (TPSA) is 219 Å². The average molecular weight is 597 g/mol. The maximum absolute atomic E-state index is 11.1. The molecule has 0 aromatic heterocycles. The Labute approximate surface area is 238 Å². The number of nitro benzene ring substituents is 2. The molecule has 1 saturated heterocycles. The molecule has 218 valence electrons. The number of hydrogen-bond acceptors (Lipinski definition) is 12. The van der Waals surface area contributed by atoms with Gasteiger partial charge in [0.15, 0.2) is 0 Å². The molecular formula is C24H32N6O8S2. The molecule has 0 radical (unpaired) electrons. The first kappa shape index (κ1) is 32.9. The molecule has 1 aliphatic heterocycles. The van der Waals surface area contributed by atoms with E-state index in [4.69, 9.17) is 21.7 Å². The predicted molar refractivity (Wildman–Crippen MR) is 152 cm³/mol. The van der Waals surface area contributed by atoms with Crippen LogP contribution in [0.4, 0.5) is 11.4 Å². The highest BCUT2D eigenvalue weighted by molar-refractivity contribution is 8.76. The van der Waals surface area contributed by atoms with Crippen LogP contribution in [-0.4, -0.2) is 94.2 Å². The minimum Gasteiger partial charge on any atom is -0.477 e. The minimum atomic E-state index is -1.45.